The number of carbonyl (C=O) groups excluding carboxylic acids is 1. The van der Waals surface area contributed by atoms with Gasteiger partial charge in [0.2, 0.25) is 5.91 Å². The second kappa shape index (κ2) is 6.49. The highest BCUT2D eigenvalue weighted by Gasteiger charge is 2.10. The number of nitrogens with one attached hydrogen (secondary N) is 1. The molecule has 1 aromatic carbocycles. The summed E-state index contributed by atoms with van der Waals surface area (Å²) in [6.07, 6.45) is -0.355. The van der Waals surface area contributed by atoms with Crippen molar-refractivity contribution in [3.05, 3.63) is 40.9 Å². The van der Waals surface area contributed by atoms with Crippen molar-refractivity contribution in [2.24, 2.45) is 0 Å². The van der Waals surface area contributed by atoms with Crippen molar-refractivity contribution < 1.29 is 14.6 Å². The van der Waals surface area contributed by atoms with Gasteiger partial charge in [-0.2, -0.15) is 0 Å². The second-order valence-electron chi connectivity index (χ2n) is 4.33. The van der Waals surface area contributed by atoms with Crippen LogP contribution < -0.4 is 10.1 Å². The van der Waals surface area contributed by atoms with Gasteiger partial charge in [-0.15, -0.1) is 11.3 Å². The van der Waals surface area contributed by atoms with E-state index in [1.165, 1.54) is 11.3 Å². The van der Waals surface area contributed by atoms with E-state index in [0.717, 1.165) is 11.3 Å². The van der Waals surface area contributed by atoms with Gasteiger partial charge in [0.25, 0.3) is 0 Å². The summed E-state index contributed by atoms with van der Waals surface area (Å²) >= 11 is 1.30. The lowest BCUT2D eigenvalue weighted by atomic mass is 10.1. The van der Waals surface area contributed by atoms with Gasteiger partial charge in [-0.3, -0.25) is 4.79 Å². The molecule has 0 aliphatic heterocycles. The van der Waals surface area contributed by atoms with Crippen molar-refractivity contribution in [2.75, 3.05) is 12.4 Å². The zero-order valence-corrected chi connectivity index (χ0v) is 12.1. The van der Waals surface area contributed by atoms with Gasteiger partial charge in [0.15, 0.2) is 5.13 Å². The molecule has 1 unspecified atom stereocenters. The summed E-state index contributed by atoms with van der Waals surface area (Å²) in [4.78, 5) is 16.0. The number of aliphatic hydroxyl groups excluding tert-OH is 1. The normalized spacial score (nSPS) is 11.9. The van der Waals surface area contributed by atoms with E-state index in [1.54, 1.807) is 19.4 Å². The number of hydrogen-bond acceptors (Lipinski definition) is 5. The monoisotopic (exact) mass is 292 g/mol. The summed E-state index contributed by atoms with van der Waals surface area (Å²) in [7, 11) is 1.60. The van der Waals surface area contributed by atoms with Crippen molar-refractivity contribution >= 4 is 22.4 Å². The molecule has 0 bridgehead atoms. The molecular formula is C14H16N2O3S. The Hall–Kier alpha value is -1.92. The molecule has 5 nitrogen and oxygen atoms in total. The number of carbonyl (C=O) groups is 1. The Morgan fingerprint density at radius 1 is 1.45 bits per heavy atom. The number of anilines is 1. The summed E-state index contributed by atoms with van der Waals surface area (Å²) in [5, 5.41) is 14.3. The van der Waals surface area contributed by atoms with Gasteiger partial charge in [0, 0.05) is 5.38 Å². The van der Waals surface area contributed by atoms with E-state index in [4.69, 9.17) is 4.74 Å². The Morgan fingerprint density at radius 3 is 2.70 bits per heavy atom. The zero-order valence-electron chi connectivity index (χ0n) is 11.3. The van der Waals surface area contributed by atoms with E-state index in [-0.39, 0.29) is 12.3 Å². The quantitative estimate of drug-likeness (QED) is 0.887. The molecule has 0 aliphatic carbocycles. The molecular weight excluding hydrogens is 276 g/mol. The van der Waals surface area contributed by atoms with Crippen LogP contribution >= 0.6 is 11.3 Å². The van der Waals surface area contributed by atoms with Gasteiger partial charge in [0.1, 0.15) is 5.75 Å². The zero-order chi connectivity index (χ0) is 14.5. The van der Waals surface area contributed by atoms with Gasteiger partial charge in [-0.25, -0.2) is 4.98 Å². The SMILES string of the molecule is COc1ccc(CC(=O)Nc2nc(C(C)O)cs2)cc1. The number of ether oxygens (including phenoxy) is 1. The number of benzene rings is 1. The van der Waals surface area contributed by atoms with E-state index < -0.39 is 6.10 Å². The van der Waals surface area contributed by atoms with Crippen LogP contribution in [-0.2, 0) is 11.2 Å². The number of thiazole rings is 1. The summed E-state index contributed by atoms with van der Waals surface area (Å²) in [6.45, 7) is 1.64. The van der Waals surface area contributed by atoms with Gasteiger partial charge < -0.3 is 15.2 Å². The van der Waals surface area contributed by atoms with Crippen LogP contribution in [0.4, 0.5) is 5.13 Å². The molecule has 1 amide bonds. The van der Waals surface area contributed by atoms with E-state index in [0.29, 0.717) is 10.8 Å². The lowest BCUT2D eigenvalue weighted by molar-refractivity contribution is -0.115. The molecule has 6 heteroatoms. The van der Waals surface area contributed by atoms with E-state index in [9.17, 15) is 9.90 Å². The average Bonchev–Trinajstić information content (AvgIpc) is 2.88. The minimum atomic E-state index is -0.626. The molecule has 106 valence electrons. The first-order valence-corrected chi connectivity index (χ1v) is 7.02. The minimum Gasteiger partial charge on any atom is -0.497 e. The first kappa shape index (κ1) is 14.5. The largest absolute Gasteiger partial charge is 0.497 e. The Morgan fingerprint density at radius 2 is 2.15 bits per heavy atom. The Kier molecular flexibility index (Phi) is 4.70. The molecule has 2 aromatic rings. The third-order valence-electron chi connectivity index (χ3n) is 2.72. The van der Waals surface area contributed by atoms with Crippen LogP contribution in [0, 0.1) is 0 Å². The third kappa shape index (κ3) is 3.79. The number of methoxy groups -OCH3 is 1. The third-order valence-corrected chi connectivity index (χ3v) is 3.50. The first-order valence-electron chi connectivity index (χ1n) is 6.14. The van der Waals surface area contributed by atoms with E-state index in [1.807, 2.05) is 24.3 Å². The number of amides is 1. The van der Waals surface area contributed by atoms with Crippen LogP contribution in [-0.4, -0.2) is 23.1 Å². The molecule has 2 N–H and O–H groups in total. The maximum atomic E-state index is 11.9. The number of hydrogen-bond donors (Lipinski definition) is 2. The molecule has 20 heavy (non-hydrogen) atoms. The molecule has 1 atom stereocenters. The van der Waals surface area contributed by atoms with Crippen molar-refractivity contribution in [1.82, 2.24) is 4.98 Å². The smallest absolute Gasteiger partial charge is 0.230 e. The average molecular weight is 292 g/mol. The molecule has 0 aliphatic rings. The fourth-order valence-corrected chi connectivity index (χ4v) is 2.44. The fourth-order valence-electron chi connectivity index (χ4n) is 1.63. The van der Waals surface area contributed by atoms with Gasteiger partial charge in [-0.05, 0) is 24.6 Å². The van der Waals surface area contributed by atoms with Crippen LogP contribution in [0.25, 0.3) is 0 Å². The molecule has 1 heterocycles. The lowest BCUT2D eigenvalue weighted by Crippen LogP contribution is -2.14. The highest BCUT2D eigenvalue weighted by Crippen LogP contribution is 2.20. The van der Waals surface area contributed by atoms with Gasteiger partial charge >= 0.3 is 0 Å². The van der Waals surface area contributed by atoms with Crippen molar-refractivity contribution in [2.45, 2.75) is 19.4 Å². The molecule has 0 radical (unpaired) electrons. The maximum absolute atomic E-state index is 11.9. The molecule has 0 spiro atoms. The van der Waals surface area contributed by atoms with Crippen LogP contribution in [0.3, 0.4) is 0 Å². The van der Waals surface area contributed by atoms with Crippen LogP contribution in [0.5, 0.6) is 5.75 Å². The summed E-state index contributed by atoms with van der Waals surface area (Å²) in [5.74, 6) is 0.623. The topological polar surface area (TPSA) is 71.5 Å². The number of rotatable bonds is 5. The molecule has 0 fully saturated rings. The summed E-state index contributed by atoms with van der Waals surface area (Å²) in [5.41, 5.74) is 1.46. The highest BCUT2D eigenvalue weighted by atomic mass is 32.1. The van der Waals surface area contributed by atoms with Crippen molar-refractivity contribution in [3.63, 3.8) is 0 Å². The molecule has 1 aromatic heterocycles. The maximum Gasteiger partial charge on any atom is 0.230 e. The molecule has 2 rings (SSSR count). The predicted molar refractivity (Wildman–Crippen MR) is 78.1 cm³/mol. The van der Waals surface area contributed by atoms with Gasteiger partial charge in [-0.1, -0.05) is 12.1 Å². The highest BCUT2D eigenvalue weighted by molar-refractivity contribution is 7.13. The molecule has 0 saturated carbocycles. The summed E-state index contributed by atoms with van der Waals surface area (Å²) in [6, 6.07) is 7.33. The van der Waals surface area contributed by atoms with Crippen LogP contribution in [0.15, 0.2) is 29.6 Å². The number of aromatic nitrogens is 1. The van der Waals surface area contributed by atoms with E-state index in [2.05, 4.69) is 10.3 Å². The fraction of sp³-hybridized carbons (Fsp3) is 0.286. The van der Waals surface area contributed by atoms with Gasteiger partial charge in [0.05, 0.1) is 25.3 Å². The Balaban J connectivity index is 1.93. The van der Waals surface area contributed by atoms with Crippen molar-refractivity contribution in [1.29, 1.82) is 0 Å². The second-order valence-corrected chi connectivity index (χ2v) is 5.18. The Labute approximate surface area is 121 Å². The standard InChI is InChI=1S/C14H16N2O3S/c1-9(17)12-8-20-14(15-12)16-13(18)7-10-3-5-11(19-2)6-4-10/h3-6,8-9,17H,7H2,1-2H3,(H,15,16,18). The van der Waals surface area contributed by atoms with Crippen LogP contribution in [0.1, 0.15) is 24.3 Å². The lowest BCUT2D eigenvalue weighted by Gasteiger charge is -2.04. The molecule has 0 saturated heterocycles. The predicted octanol–water partition coefficient (Wildman–Crippen LogP) is 2.39. The van der Waals surface area contributed by atoms with E-state index >= 15 is 0 Å². The Bertz CT molecular complexity index is 578. The first-order chi connectivity index (χ1) is 9.58. The number of nitrogens with zero attached hydrogens (tertiary/aromatic N) is 1. The van der Waals surface area contributed by atoms with Crippen LogP contribution in [0.2, 0.25) is 0 Å². The van der Waals surface area contributed by atoms with Crippen molar-refractivity contribution in [3.8, 4) is 5.75 Å². The minimum absolute atomic E-state index is 0.137. The summed E-state index contributed by atoms with van der Waals surface area (Å²) < 4.78 is 5.06. The number of aliphatic hydroxyl groups is 1.